The minimum Gasteiger partial charge on any atom is -1.00 e. The Hall–Kier alpha value is -0.380. The van der Waals surface area contributed by atoms with E-state index in [4.69, 9.17) is 0 Å². The van der Waals surface area contributed by atoms with Crippen LogP contribution < -0.4 is 17.0 Å². The summed E-state index contributed by atoms with van der Waals surface area (Å²) < 4.78 is 0.726. The van der Waals surface area contributed by atoms with Crippen LogP contribution in [0, 0.1) is 0 Å². The third kappa shape index (κ3) is 12.1. The first-order valence-electron chi connectivity index (χ1n) is 10.6. The number of rotatable bonds is 15. The van der Waals surface area contributed by atoms with Gasteiger partial charge in [-0.25, -0.2) is 0 Å². The van der Waals surface area contributed by atoms with Crippen molar-refractivity contribution in [1.82, 2.24) is 0 Å². The van der Waals surface area contributed by atoms with Crippen molar-refractivity contribution < 1.29 is 26.6 Å². The fourth-order valence-corrected chi connectivity index (χ4v) is 3.45. The SMILES string of the molecule is CCCCCCCCCCCC[N+](C)(C)[C@@H](O)CCc1ccccc1.[Br-]. The third-order valence-electron chi connectivity index (χ3n) is 5.43. The van der Waals surface area contributed by atoms with Gasteiger partial charge in [0, 0.05) is 6.42 Å². The van der Waals surface area contributed by atoms with Gasteiger partial charge in [-0.2, -0.15) is 0 Å². The maximum absolute atomic E-state index is 10.6. The van der Waals surface area contributed by atoms with Crippen LogP contribution in [-0.2, 0) is 6.42 Å². The highest BCUT2D eigenvalue weighted by molar-refractivity contribution is 5.14. The summed E-state index contributed by atoms with van der Waals surface area (Å²) in [5.74, 6) is 0. The lowest BCUT2D eigenvalue weighted by molar-refractivity contribution is -0.937. The van der Waals surface area contributed by atoms with Gasteiger partial charge in [0.2, 0.25) is 0 Å². The zero-order valence-corrected chi connectivity index (χ0v) is 19.0. The third-order valence-corrected chi connectivity index (χ3v) is 5.43. The van der Waals surface area contributed by atoms with Gasteiger partial charge in [-0.1, -0.05) is 88.6 Å². The molecule has 2 nitrogen and oxygen atoms in total. The fourth-order valence-electron chi connectivity index (χ4n) is 3.45. The highest BCUT2D eigenvalue weighted by Crippen LogP contribution is 2.15. The van der Waals surface area contributed by atoms with Crippen molar-refractivity contribution in [3.8, 4) is 0 Å². The van der Waals surface area contributed by atoms with Crippen molar-refractivity contribution >= 4 is 0 Å². The lowest BCUT2D eigenvalue weighted by Gasteiger charge is -2.35. The number of unbranched alkanes of at least 4 members (excludes halogenated alkanes) is 9. The fraction of sp³-hybridized carbons (Fsp3) is 0.739. The number of halogens is 1. The van der Waals surface area contributed by atoms with E-state index in [0.29, 0.717) is 0 Å². The molecule has 0 unspecified atom stereocenters. The van der Waals surface area contributed by atoms with Crippen LogP contribution in [0.2, 0.25) is 0 Å². The van der Waals surface area contributed by atoms with E-state index in [2.05, 4.69) is 45.3 Å². The van der Waals surface area contributed by atoms with E-state index in [1.165, 1.54) is 69.8 Å². The van der Waals surface area contributed by atoms with Crippen molar-refractivity contribution in [2.75, 3.05) is 20.6 Å². The Morgan fingerprint density at radius 2 is 1.31 bits per heavy atom. The number of benzene rings is 1. The standard InChI is InChI=1S/C23H42NO.BrH/c1-4-5-6-7-8-9-10-11-12-16-21-24(2,3)23(25)20-19-22-17-14-13-15-18-22;/h13-15,17-18,23,25H,4-12,16,19-21H2,1-3H3;1H/q+1;/p-1/t23-;/m0./s1. The van der Waals surface area contributed by atoms with Gasteiger partial charge in [-0.3, -0.25) is 0 Å². The molecule has 1 aromatic carbocycles. The van der Waals surface area contributed by atoms with Crippen LogP contribution in [0.4, 0.5) is 0 Å². The van der Waals surface area contributed by atoms with Gasteiger partial charge in [0.05, 0.1) is 20.6 Å². The number of aliphatic hydroxyl groups excluding tert-OH is 1. The van der Waals surface area contributed by atoms with Gasteiger partial charge in [0.25, 0.3) is 0 Å². The van der Waals surface area contributed by atoms with Gasteiger partial charge in [-0.15, -0.1) is 0 Å². The van der Waals surface area contributed by atoms with Crippen LogP contribution in [0.25, 0.3) is 0 Å². The molecule has 1 atom stereocenters. The second-order valence-electron chi connectivity index (χ2n) is 8.19. The van der Waals surface area contributed by atoms with E-state index in [-0.39, 0.29) is 23.2 Å². The predicted molar refractivity (Wildman–Crippen MR) is 110 cm³/mol. The van der Waals surface area contributed by atoms with Gasteiger partial charge in [-0.05, 0) is 24.8 Å². The summed E-state index contributed by atoms with van der Waals surface area (Å²) in [7, 11) is 4.34. The quantitative estimate of drug-likeness (QED) is 0.259. The summed E-state index contributed by atoms with van der Waals surface area (Å²) in [5, 5.41) is 10.6. The monoisotopic (exact) mass is 427 g/mol. The number of aliphatic hydroxyl groups is 1. The van der Waals surface area contributed by atoms with E-state index in [0.717, 1.165) is 23.9 Å². The van der Waals surface area contributed by atoms with Gasteiger partial charge < -0.3 is 26.6 Å². The van der Waals surface area contributed by atoms with Crippen LogP contribution in [0.3, 0.4) is 0 Å². The Bertz CT molecular complexity index is 421. The summed E-state index contributed by atoms with van der Waals surface area (Å²) in [4.78, 5) is 0. The molecule has 3 heteroatoms. The molecule has 0 saturated heterocycles. The molecule has 0 aliphatic carbocycles. The van der Waals surface area contributed by atoms with E-state index in [1.54, 1.807) is 0 Å². The molecule has 0 spiro atoms. The molecule has 0 aliphatic rings. The number of hydrogen-bond donors (Lipinski definition) is 1. The lowest BCUT2D eigenvalue weighted by Crippen LogP contribution is -3.00. The Morgan fingerprint density at radius 3 is 1.85 bits per heavy atom. The van der Waals surface area contributed by atoms with Crippen LogP contribution in [0.1, 0.15) is 83.1 Å². The van der Waals surface area contributed by atoms with Crippen molar-refractivity contribution in [2.45, 2.75) is 90.2 Å². The molecule has 0 radical (unpaired) electrons. The van der Waals surface area contributed by atoms with Crippen molar-refractivity contribution in [2.24, 2.45) is 0 Å². The minimum atomic E-state index is -0.265. The van der Waals surface area contributed by atoms with Crippen LogP contribution in [0.5, 0.6) is 0 Å². The summed E-state index contributed by atoms with van der Waals surface area (Å²) in [6, 6.07) is 10.5. The lowest BCUT2D eigenvalue weighted by atomic mass is 10.1. The molecule has 0 saturated carbocycles. The molecule has 1 rings (SSSR count). The number of nitrogens with zero attached hydrogens (tertiary/aromatic N) is 1. The molecule has 26 heavy (non-hydrogen) atoms. The topological polar surface area (TPSA) is 20.2 Å². The molecule has 0 aromatic heterocycles. The maximum Gasteiger partial charge on any atom is 0.190 e. The van der Waals surface area contributed by atoms with Gasteiger partial charge in [0.15, 0.2) is 6.23 Å². The van der Waals surface area contributed by atoms with Crippen LogP contribution >= 0.6 is 0 Å². The largest absolute Gasteiger partial charge is 1.00 e. The second kappa shape index (κ2) is 15.7. The summed E-state index contributed by atoms with van der Waals surface area (Å²) in [6.45, 7) is 3.35. The van der Waals surface area contributed by atoms with Crippen LogP contribution in [0.15, 0.2) is 30.3 Å². The Kier molecular flexibility index (Phi) is 15.4. The first-order valence-corrected chi connectivity index (χ1v) is 10.6. The van der Waals surface area contributed by atoms with Crippen molar-refractivity contribution in [1.29, 1.82) is 0 Å². The van der Waals surface area contributed by atoms with Gasteiger partial charge in [0.1, 0.15) is 0 Å². The van der Waals surface area contributed by atoms with E-state index >= 15 is 0 Å². The highest BCUT2D eigenvalue weighted by atomic mass is 79.9. The molecule has 1 aromatic rings. The van der Waals surface area contributed by atoms with Gasteiger partial charge >= 0.3 is 0 Å². The average molecular weight is 428 g/mol. The van der Waals surface area contributed by atoms with Crippen molar-refractivity contribution in [3.63, 3.8) is 0 Å². The molecular weight excluding hydrogens is 386 g/mol. The van der Waals surface area contributed by atoms with Crippen LogP contribution in [-0.4, -0.2) is 36.5 Å². The average Bonchev–Trinajstić information content (AvgIpc) is 2.62. The van der Waals surface area contributed by atoms with E-state index in [1.807, 2.05) is 6.07 Å². The smallest absolute Gasteiger partial charge is 0.190 e. The van der Waals surface area contributed by atoms with E-state index < -0.39 is 0 Å². The molecule has 152 valence electrons. The highest BCUT2D eigenvalue weighted by Gasteiger charge is 2.24. The first-order chi connectivity index (χ1) is 12.1. The predicted octanol–water partition coefficient (Wildman–Crippen LogP) is 2.94. The molecule has 1 N–H and O–H groups in total. The summed E-state index contributed by atoms with van der Waals surface area (Å²) in [6.07, 6.45) is 15.2. The van der Waals surface area contributed by atoms with E-state index in [9.17, 15) is 5.11 Å². The minimum absolute atomic E-state index is 0. The first kappa shape index (κ1) is 25.6. The number of hydrogen-bond acceptors (Lipinski definition) is 1. The number of quaternary nitrogens is 1. The zero-order valence-electron chi connectivity index (χ0n) is 17.4. The molecule has 0 fully saturated rings. The summed E-state index contributed by atoms with van der Waals surface area (Å²) >= 11 is 0. The number of aryl methyl sites for hydroxylation is 1. The zero-order chi connectivity index (χ0) is 18.4. The molecule has 0 aliphatic heterocycles. The Labute approximate surface area is 173 Å². The Morgan fingerprint density at radius 1 is 0.808 bits per heavy atom. The second-order valence-corrected chi connectivity index (χ2v) is 8.19. The molecular formula is C23H42BrNO. The summed E-state index contributed by atoms with van der Waals surface area (Å²) in [5.41, 5.74) is 1.32. The maximum atomic E-state index is 10.6. The molecule has 0 amide bonds. The van der Waals surface area contributed by atoms with Crippen molar-refractivity contribution in [3.05, 3.63) is 35.9 Å². The normalized spacial score (nSPS) is 12.6. The molecule has 0 bridgehead atoms. The molecule has 0 heterocycles. The Balaban J connectivity index is 0.00000625.